The molecule has 1 aliphatic carbocycles. The summed E-state index contributed by atoms with van der Waals surface area (Å²) in [5.41, 5.74) is -3.25. The van der Waals surface area contributed by atoms with Gasteiger partial charge in [-0.05, 0) is 16.3 Å². The van der Waals surface area contributed by atoms with Gasteiger partial charge in [0, 0.05) is 5.92 Å². The van der Waals surface area contributed by atoms with E-state index < -0.39 is 34.6 Å². The maximum absolute atomic E-state index is 12.5. The van der Waals surface area contributed by atoms with Crippen LogP contribution >= 0.6 is 0 Å². The van der Waals surface area contributed by atoms with Gasteiger partial charge in [-0.2, -0.15) is 10.5 Å². The third-order valence-corrected chi connectivity index (χ3v) is 5.03. The first-order valence-electron chi connectivity index (χ1n) is 7.49. The van der Waals surface area contributed by atoms with Crippen molar-refractivity contribution in [3.8, 4) is 12.1 Å². The molecule has 2 aromatic carbocycles. The van der Waals surface area contributed by atoms with E-state index in [9.17, 15) is 24.9 Å². The third-order valence-electron chi connectivity index (χ3n) is 5.03. The van der Waals surface area contributed by atoms with E-state index in [0.29, 0.717) is 5.56 Å². The van der Waals surface area contributed by atoms with Crippen molar-refractivity contribution in [3.63, 3.8) is 0 Å². The van der Waals surface area contributed by atoms with Gasteiger partial charge in [-0.15, -0.1) is 0 Å². The summed E-state index contributed by atoms with van der Waals surface area (Å²) in [7, 11) is 0. The topological polar surface area (TPSA) is 123 Å². The lowest BCUT2D eigenvalue weighted by molar-refractivity contribution is -0.139. The Hall–Kier alpha value is -3.71. The number of hydrogen-bond acceptors (Lipinski definition) is 5. The van der Waals surface area contributed by atoms with Gasteiger partial charge in [0.05, 0.1) is 12.1 Å². The van der Waals surface area contributed by atoms with Gasteiger partial charge >= 0.3 is 6.03 Å². The van der Waals surface area contributed by atoms with Crippen LogP contribution in [0.3, 0.4) is 0 Å². The van der Waals surface area contributed by atoms with Gasteiger partial charge < -0.3 is 0 Å². The molecule has 2 fully saturated rings. The number of fused-ring (bicyclic) bond motifs is 1. The molecule has 0 bridgehead atoms. The molecule has 1 atom stereocenters. The number of imide groups is 2. The second-order valence-corrected chi connectivity index (χ2v) is 6.12. The molecule has 1 heterocycles. The first-order chi connectivity index (χ1) is 12.0. The van der Waals surface area contributed by atoms with Crippen molar-refractivity contribution in [2.45, 2.75) is 5.92 Å². The summed E-state index contributed by atoms with van der Waals surface area (Å²) in [5, 5.41) is 25.0. The van der Waals surface area contributed by atoms with Crippen LogP contribution in [0.15, 0.2) is 42.5 Å². The van der Waals surface area contributed by atoms with Crippen molar-refractivity contribution in [2.24, 2.45) is 10.8 Å². The van der Waals surface area contributed by atoms with Gasteiger partial charge in [0.1, 0.15) is 0 Å². The van der Waals surface area contributed by atoms with Gasteiger partial charge in [0.25, 0.3) is 0 Å². The van der Waals surface area contributed by atoms with Gasteiger partial charge in [-0.1, -0.05) is 42.5 Å². The maximum atomic E-state index is 12.5. The number of nitrogens with zero attached hydrogens (tertiary/aromatic N) is 2. The Morgan fingerprint density at radius 2 is 1.48 bits per heavy atom. The van der Waals surface area contributed by atoms with Crippen LogP contribution in [0.2, 0.25) is 0 Å². The molecule has 2 N–H and O–H groups in total. The summed E-state index contributed by atoms with van der Waals surface area (Å²) >= 11 is 0. The van der Waals surface area contributed by atoms with Gasteiger partial charge in [0.15, 0.2) is 10.8 Å². The zero-order valence-electron chi connectivity index (χ0n) is 12.7. The number of carbonyl (C=O) groups is 3. The first kappa shape index (κ1) is 14.9. The average molecular weight is 330 g/mol. The minimum atomic E-state index is -1.92. The first-order valence-corrected chi connectivity index (χ1v) is 7.49. The molecule has 7 nitrogen and oxygen atoms in total. The van der Waals surface area contributed by atoms with Gasteiger partial charge in [0.2, 0.25) is 11.8 Å². The Bertz CT molecular complexity index is 1030. The van der Waals surface area contributed by atoms with E-state index in [0.717, 1.165) is 10.8 Å². The van der Waals surface area contributed by atoms with Crippen molar-refractivity contribution in [1.29, 1.82) is 10.5 Å². The van der Waals surface area contributed by atoms with Crippen LogP contribution in [0, 0.1) is 33.5 Å². The highest BCUT2D eigenvalue weighted by atomic mass is 16.2. The summed E-state index contributed by atoms with van der Waals surface area (Å²) < 4.78 is 0. The fraction of sp³-hybridized carbons (Fsp3) is 0.167. The quantitative estimate of drug-likeness (QED) is 0.763. The molecule has 1 unspecified atom stereocenters. The SMILES string of the molecule is N#CC1(C#N)C(c2ccc3ccccc3c2)C12C(=O)NC(=O)NC2=O. The summed E-state index contributed by atoms with van der Waals surface area (Å²) in [6, 6.07) is 15.5. The fourth-order valence-corrected chi connectivity index (χ4v) is 3.85. The molecule has 120 valence electrons. The second-order valence-electron chi connectivity index (χ2n) is 6.12. The molecule has 2 aliphatic rings. The molecule has 4 amide bonds. The Morgan fingerprint density at radius 1 is 0.880 bits per heavy atom. The Labute approximate surface area is 141 Å². The predicted octanol–water partition coefficient (Wildman–Crippen LogP) is 1.32. The Morgan fingerprint density at radius 3 is 2.08 bits per heavy atom. The number of hydrogen-bond donors (Lipinski definition) is 2. The van der Waals surface area contributed by atoms with Crippen LogP contribution in [0.5, 0.6) is 0 Å². The molecular weight excluding hydrogens is 320 g/mol. The minimum absolute atomic E-state index is 0.529. The zero-order chi connectivity index (χ0) is 17.8. The molecule has 4 rings (SSSR count). The van der Waals surface area contributed by atoms with E-state index in [1.165, 1.54) is 0 Å². The lowest BCUT2D eigenvalue weighted by atomic mass is 9.91. The van der Waals surface area contributed by atoms with Crippen LogP contribution in [-0.4, -0.2) is 17.8 Å². The number of carbonyl (C=O) groups excluding carboxylic acids is 3. The summed E-state index contributed by atoms with van der Waals surface area (Å²) in [6.45, 7) is 0. The van der Waals surface area contributed by atoms with Crippen LogP contribution in [0.25, 0.3) is 10.8 Å². The van der Waals surface area contributed by atoms with E-state index in [1.54, 1.807) is 18.2 Å². The molecule has 0 aromatic heterocycles. The maximum Gasteiger partial charge on any atom is 0.328 e. The van der Waals surface area contributed by atoms with Crippen LogP contribution in [-0.2, 0) is 9.59 Å². The van der Waals surface area contributed by atoms with Crippen molar-refractivity contribution in [2.75, 3.05) is 0 Å². The van der Waals surface area contributed by atoms with E-state index in [4.69, 9.17) is 0 Å². The molecule has 2 aromatic rings. The third kappa shape index (κ3) is 1.59. The zero-order valence-corrected chi connectivity index (χ0v) is 12.7. The monoisotopic (exact) mass is 330 g/mol. The molecule has 0 radical (unpaired) electrons. The minimum Gasteiger partial charge on any atom is -0.277 e. The van der Waals surface area contributed by atoms with Crippen LogP contribution < -0.4 is 10.6 Å². The van der Waals surface area contributed by atoms with Gasteiger partial charge in [-0.25, -0.2) is 4.79 Å². The van der Waals surface area contributed by atoms with Crippen molar-refractivity contribution >= 4 is 28.6 Å². The number of nitriles is 2. The molecule has 1 saturated heterocycles. The highest BCUT2D eigenvalue weighted by Gasteiger charge is 2.88. The van der Waals surface area contributed by atoms with E-state index in [2.05, 4.69) is 0 Å². The van der Waals surface area contributed by atoms with Gasteiger partial charge in [-0.3, -0.25) is 20.2 Å². The van der Waals surface area contributed by atoms with Crippen molar-refractivity contribution < 1.29 is 14.4 Å². The fourth-order valence-electron chi connectivity index (χ4n) is 3.85. The number of barbiturate groups is 1. The molecule has 1 spiro atoms. The van der Waals surface area contributed by atoms with Crippen molar-refractivity contribution in [3.05, 3.63) is 48.0 Å². The number of nitrogens with one attached hydrogen (secondary N) is 2. The molecule has 1 saturated carbocycles. The van der Waals surface area contributed by atoms with E-state index in [-0.39, 0.29) is 0 Å². The van der Waals surface area contributed by atoms with Crippen LogP contribution in [0.1, 0.15) is 11.5 Å². The smallest absolute Gasteiger partial charge is 0.277 e. The molecular formula is C18H10N4O3. The number of rotatable bonds is 1. The van der Waals surface area contributed by atoms with E-state index >= 15 is 0 Å². The summed E-state index contributed by atoms with van der Waals surface area (Å²) in [4.78, 5) is 36.3. The highest BCUT2D eigenvalue weighted by Crippen LogP contribution is 2.74. The Kier molecular flexibility index (Phi) is 2.76. The normalized spacial score (nSPS) is 22.6. The van der Waals surface area contributed by atoms with Crippen LogP contribution in [0.4, 0.5) is 4.79 Å². The lowest BCUT2D eigenvalue weighted by Crippen LogP contribution is -2.59. The number of amides is 4. The second kappa shape index (κ2) is 4.65. The predicted molar refractivity (Wildman–Crippen MR) is 84.5 cm³/mol. The highest BCUT2D eigenvalue weighted by molar-refractivity contribution is 6.24. The summed E-state index contributed by atoms with van der Waals surface area (Å²) in [5.74, 6) is -2.78. The summed E-state index contributed by atoms with van der Waals surface area (Å²) in [6.07, 6.45) is 0. The van der Waals surface area contributed by atoms with E-state index in [1.807, 2.05) is 47.0 Å². The Balaban J connectivity index is 1.92. The largest absolute Gasteiger partial charge is 0.328 e. The molecule has 25 heavy (non-hydrogen) atoms. The lowest BCUT2D eigenvalue weighted by Gasteiger charge is -2.21. The molecule has 1 aliphatic heterocycles. The average Bonchev–Trinajstić information content (AvgIpc) is 3.24. The standard InChI is InChI=1S/C18H10N4O3/c19-8-17(9-20)13(18(17)14(23)21-16(25)22-15(18)24)12-6-5-10-3-1-2-4-11(10)7-12/h1-7,13H,(H2,21,22,23,24,25). The van der Waals surface area contributed by atoms with Crippen molar-refractivity contribution in [1.82, 2.24) is 10.6 Å². The number of urea groups is 1. The number of benzene rings is 2. The molecule has 7 heteroatoms.